The van der Waals surface area contributed by atoms with Crippen molar-refractivity contribution in [1.82, 2.24) is 0 Å². The van der Waals surface area contributed by atoms with E-state index < -0.39 is 11.7 Å². The van der Waals surface area contributed by atoms with Crippen LogP contribution in [-0.4, -0.2) is 44.3 Å². The third-order valence-corrected chi connectivity index (χ3v) is 11.1. The summed E-state index contributed by atoms with van der Waals surface area (Å²) in [5.41, 5.74) is 1.17. The van der Waals surface area contributed by atoms with Gasteiger partial charge in [-0.3, -0.25) is 0 Å². The summed E-state index contributed by atoms with van der Waals surface area (Å²) in [6.45, 7) is 21.7. The number of rotatable bonds is 14. The number of fused-ring (bicyclic) bond motifs is 1. The molecular weight excluding hydrogens is 544 g/mol. The summed E-state index contributed by atoms with van der Waals surface area (Å²) in [4.78, 5) is 0. The van der Waals surface area contributed by atoms with Gasteiger partial charge in [-0.25, -0.2) is 0 Å². The zero-order chi connectivity index (χ0) is 33.0. The average Bonchev–Trinajstić information content (AvgIpc) is 3.49. The van der Waals surface area contributed by atoms with Crippen LogP contribution in [0.3, 0.4) is 0 Å². The molecule has 0 radical (unpaired) electrons. The molecule has 4 heteroatoms. The molecule has 0 aromatic rings. The fraction of sp³-hybridized carbons (Fsp3) is 0.750. The Labute approximate surface area is 270 Å². The van der Waals surface area contributed by atoms with Gasteiger partial charge in [0, 0.05) is 24.2 Å². The van der Waals surface area contributed by atoms with E-state index in [1.807, 2.05) is 6.92 Å². The maximum absolute atomic E-state index is 10.9. The number of epoxide rings is 1. The lowest BCUT2D eigenvalue weighted by Crippen LogP contribution is -2.50. The van der Waals surface area contributed by atoms with Crippen molar-refractivity contribution in [3.05, 3.63) is 59.8 Å². The summed E-state index contributed by atoms with van der Waals surface area (Å²) in [6, 6.07) is 0. The van der Waals surface area contributed by atoms with E-state index in [4.69, 9.17) is 4.74 Å². The van der Waals surface area contributed by atoms with Gasteiger partial charge in [-0.2, -0.15) is 0 Å². The molecule has 4 nitrogen and oxygen atoms in total. The van der Waals surface area contributed by atoms with Crippen molar-refractivity contribution in [1.29, 1.82) is 0 Å². The van der Waals surface area contributed by atoms with E-state index in [2.05, 4.69) is 111 Å². The van der Waals surface area contributed by atoms with Crippen LogP contribution in [-0.2, 0) is 4.74 Å². The van der Waals surface area contributed by atoms with E-state index in [0.717, 1.165) is 38.0 Å². The SMILES string of the molecule is CC(=C/CCC(C)CCCC/C(C)=C/C=C/C(C)C=CC1C(C)(C)C[C@H](O)C[C@@]1(C)O)/C=C/[C@@]12O[C@]1(C)C[C@@H](O)CC2(C)C. The summed E-state index contributed by atoms with van der Waals surface area (Å²) in [5.74, 6) is 1.05. The zero-order valence-electron chi connectivity index (χ0n) is 29.8. The van der Waals surface area contributed by atoms with Gasteiger partial charge in [0.15, 0.2) is 0 Å². The number of ether oxygens (including phenoxy) is 1. The molecule has 0 aromatic heterocycles. The highest BCUT2D eigenvalue weighted by molar-refractivity contribution is 5.35. The van der Waals surface area contributed by atoms with Crippen molar-refractivity contribution in [2.24, 2.45) is 28.6 Å². The Morgan fingerprint density at radius 3 is 2.23 bits per heavy atom. The second-order valence-electron chi connectivity index (χ2n) is 16.8. The lowest BCUT2D eigenvalue weighted by molar-refractivity contribution is -0.111. The number of aliphatic hydroxyl groups is 3. The number of unbranched alkanes of at least 4 members (excludes halogenated alkanes) is 1. The molecule has 0 spiro atoms. The molecule has 3 rings (SSSR count). The fourth-order valence-electron chi connectivity index (χ4n) is 8.58. The predicted octanol–water partition coefficient (Wildman–Crippen LogP) is 9.42. The Bertz CT molecular complexity index is 1090. The summed E-state index contributed by atoms with van der Waals surface area (Å²) in [7, 11) is 0. The van der Waals surface area contributed by atoms with Crippen LogP contribution in [0.1, 0.15) is 133 Å². The minimum absolute atomic E-state index is 0.0327. The van der Waals surface area contributed by atoms with E-state index >= 15 is 0 Å². The van der Waals surface area contributed by atoms with E-state index in [9.17, 15) is 15.3 Å². The molecule has 2 aliphatic carbocycles. The predicted molar refractivity (Wildman–Crippen MR) is 185 cm³/mol. The molecule has 250 valence electrons. The first-order chi connectivity index (χ1) is 20.3. The van der Waals surface area contributed by atoms with E-state index in [-0.39, 0.29) is 34.1 Å². The second-order valence-corrected chi connectivity index (χ2v) is 16.8. The van der Waals surface area contributed by atoms with Crippen LogP contribution < -0.4 is 0 Å². The summed E-state index contributed by atoms with van der Waals surface area (Å²) < 4.78 is 6.28. The Kier molecular flexibility index (Phi) is 12.2. The highest BCUT2D eigenvalue weighted by Crippen LogP contribution is 2.66. The maximum Gasteiger partial charge on any atom is 0.121 e. The van der Waals surface area contributed by atoms with Gasteiger partial charge in [0.25, 0.3) is 0 Å². The van der Waals surface area contributed by atoms with Crippen molar-refractivity contribution in [2.75, 3.05) is 0 Å². The highest BCUT2D eigenvalue weighted by Gasteiger charge is 2.74. The first kappa shape index (κ1) is 37.0. The molecular formula is C40H66O4. The third kappa shape index (κ3) is 9.30. The Morgan fingerprint density at radius 2 is 1.57 bits per heavy atom. The van der Waals surface area contributed by atoms with Crippen LogP contribution in [0.15, 0.2) is 59.8 Å². The second kappa shape index (κ2) is 14.5. The monoisotopic (exact) mass is 610 g/mol. The Balaban J connectivity index is 1.33. The van der Waals surface area contributed by atoms with E-state index in [1.165, 1.54) is 36.8 Å². The van der Waals surface area contributed by atoms with Crippen LogP contribution in [0.5, 0.6) is 0 Å². The first-order valence-electron chi connectivity index (χ1n) is 17.5. The molecule has 2 saturated carbocycles. The molecule has 3 unspecified atom stereocenters. The van der Waals surface area contributed by atoms with Crippen molar-refractivity contribution < 1.29 is 20.1 Å². The van der Waals surface area contributed by atoms with Crippen molar-refractivity contribution in [2.45, 2.75) is 162 Å². The van der Waals surface area contributed by atoms with Gasteiger partial charge in [-0.1, -0.05) is 108 Å². The number of allylic oxidation sites excluding steroid dienone is 8. The van der Waals surface area contributed by atoms with Crippen molar-refractivity contribution in [3.63, 3.8) is 0 Å². The lowest BCUT2D eigenvalue weighted by atomic mass is 9.61. The standard InChI is InChI=1S/C40H66O4/c1-29(17-13-19-31(3)21-22-35-36(5,6)25-33(41)27-38(35,9)43)15-11-12-16-30(2)18-14-20-32(4)23-24-40-37(7,8)26-34(42)28-39(40,10)44-40/h13,17,19-24,30-31,33-35,41-43H,11-12,14-16,18,25-28H2,1-10H3/b19-13+,22-21?,24-23+,29-17+,32-20-/t30?,31?,33-,34-,35?,38+,39+,40-/m0/s1. The number of hydrogen-bond donors (Lipinski definition) is 3. The molecule has 8 atom stereocenters. The maximum atomic E-state index is 10.9. The largest absolute Gasteiger partial charge is 0.393 e. The van der Waals surface area contributed by atoms with Crippen LogP contribution in [0.4, 0.5) is 0 Å². The smallest absolute Gasteiger partial charge is 0.121 e. The molecule has 3 N–H and O–H groups in total. The average molecular weight is 611 g/mol. The summed E-state index contributed by atoms with van der Waals surface area (Å²) in [5, 5.41) is 31.4. The van der Waals surface area contributed by atoms with Crippen molar-refractivity contribution in [3.8, 4) is 0 Å². The Morgan fingerprint density at radius 1 is 0.886 bits per heavy atom. The van der Waals surface area contributed by atoms with Crippen LogP contribution in [0.25, 0.3) is 0 Å². The fourth-order valence-corrected chi connectivity index (χ4v) is 8.58. The first-order valence-corrected chi connectivity index (χ1v) is 17.5. The lowest BCUT2D eigenvalue weighted by Gasteiger charge is -2.48. The molecule has 3 fully saturated rings. The minimum atomic E-state index is -0.880. The van der Waals surface area contributed by atoms with Gasteiger partial charge >= 0.3 is 0 Å². The molecule has 1 heterocycles. The molecule has 44 heavy (non-hydrogen) atoms. The van der Waals surface area contributed by atoms with Gasteiger partial charge < -0.3 is 20.1 Å². The minimum Gasteiger partial charge on any atom is -0.393 e. The molecule has 3 aliphatic rings. The molecule has 0 bridgehead atoms. The highest BCUT2D eigenvalue weighted by atomic mass is 16.6. The topological polar surface area (TPSA) is 73.2 Å². The Hall–Kier alpha value is -1.46. The molecule has 0 aromatic carbocycles. The third-order valence-electron chi connectivity index (χ3n) is 11.1. The van der Waals surface area contributed by atoms with Crippen LogP contribution >= 0.6 is 0 Å². The van der Waals surface area contributed by atoms with Gasteiger partial charge in [0.2, 0.25) is 0 Å². The van der Waals surface area contributed by atoms with E-state index in [0.29, 0.717) is 12.3 Å². The number of aliphatic hydroxyl groups excluding tert-OH is 2. The molecule has 1 aliphatic heterocycles. The van der Waals surface area contributed by atoms with Crippen LogP contribution in [0, 0.1) is 28.6 Å². The van der Waals surface area contributed by atoms with Gasteiger partial charge in [0.1, 0.15) is 11.2 Å². The van der Waals surface area contributed by atoms with Crippen LogP contribution in [0.2, 0.25) is 0 Å². The van der Waals surface area contributed by atoms with E-state index in [1.54, 1.807) is 0 Å². The normalized spacial score (nSPS) is 37.1. The van der Waals surface area contributed by atoms with Crippen molar-refractivity contribution >= 4 is 0 Å². The van der Waals surface area contributed by atoms with Gasteiger partial charge in [0.05, 0.1) is 17.8 Å². The molecule has 1 saturated heterocycles. The van der Waals surface area contributed by atoms with Gasteiger partial charge in [-0.05, 0) is 89.5 Å². The number of hydrogen-bond acceptors (Lipinski definition) is 4. The summed E-state index contributed by atoms with van der Waals surface area (Å²) >= 11 is 0. The van der Waals surface area contributed by atoms with Gasteiger partial charge in [-0.15, -0.1) is 0 Å². The summed E-state index contributed by atoms with van der Waals surface area (Å²) in [6.07, 6.45) is 27.1. The molecule has 0 amide bonds. The zero-order valence-corrected chi connectivity index (χ0v) is 29.8. The quantitative estimate of drug-likeness (QED) is 0.0793.